The molecule has 4 nitrogen and oxygen atoms in total. The minimum absolute atomic E-state index is 0.553. The summed E-state index contributed by atoms with van der Waals surface area (Å²) < 4.78 is 2.13. The van der Waals surface area contributed by atoms with Crippen LogP contribution in [0.5, 0.6) is 0 Å². The van der Waals surface area contributed by atoms with E-state index in [1.54, 1.807) is 0 Å². The van der Waals surface area contributed by atoms with Crippen LogP contribution in [0.3, 0.4) is 0 Å². The van der Waals surface area contributed by atoms with Crippen molar-refractivity contribution < 1.29 is 0 Å². The first-order valence-corrected chi connectivity index (χ1v) is 7.68. The van der Waals surface area contributed by atoms with E-state index >= 15 is 0 Å². The van der Waals surface area contributed by atoms with Crippen LogP contribution in [0, 0.1) is 0 Å². The molecule has 1 aliphatic rings. The second-order valence-corrected chi connectivity index (χ2v) is 5.72. The van der Waals surface area contributed by atoms with Crippen molar-refractivity contribution in [2.24, 2.45) is 0 Å². The molecule has 0 aliphatic carbocycles. The summed E-state index contributed by atoms with van der Waals surface area (Å²) in [4.78, 5) is 2.40. The highest BCUT2D eigenvalue weighted by Gasteiger charge is 2.16. The molecule has 0 bridgehead atoms. The number of likely N-dealkylation sites (tertiary alicyclic amines) is 1. The molecular formula is C15H28N4. The molecule has 0 saturated carbocycles. The Morgan fingerprint density at radius 2 is 2.00 bits per heavy atom. The summed E-state index contributed by atoms with van der Waals surface area (Å²) in [5.41, 5.74) is 1.17. The van der Waals surface area contributed by atoms with Gasteiger partial charge in [0.2, 0.25) is 0 Å². The number of rotatable bonds is 6. The predicted octanol–water partition coefficient (Wildman–Crippen LogP) is 2.43. The Morgan fingerprint density at radius 1 is 1.32 bits per heavy atom. The van der Waals surface area contributed by atoms with Gasteiger partial charge in [-0.3, -0.25) is 4.68 Å². The van der Waals surface area contributed by atoms with E-state index in [1.807, 2.05) is 0 Å². The lowest BCUT2D eigenvalue weighted by molar-refractivity contribution is 0.233. The number of hydrogen-bond acceptors (Lipinski definition) is 3. The number of nitrogens with one attached hydrogen (secondary N) is 1. The van der Waals surface area contributed by atoms with Crippen LogP contribution >= 0.6 is 0 Å². The Bertz CT molecular complexity index is 362. The van der Waals surface area contributed by atoms with Gasteiger partial charge in [0.25, 0.3) is 0 Å². The van der Waals surface area contributed by atoms with Gasteiger partial charge < -0.3 is 10.2 Å². The van der Waals surface area contributed by atoms with Crippen LogP contribution < -0.4 is 5.32 Å². The summed E-state index contributed by atoms with van der Waals surface area (Å²) in [6, 6.07) is 3.37. The Kier molecular flexibility index (Phi) is 5.40. The maximum atomic E-state index is 4.70. The zero-order valence-corrected chi connectivity index (χ0v) is 12.6. The van der Waals surface area contributed by atoms with Gasteiger partial charge in [-0.15, -0.1) is 0 Å². The SMILES string of the molecule is CCC(CC)n1ccc(CNC2CCN(C)CC2)n1. The molecular weight excluding hydrogens is 236 g/mol. The van der Waals surface area contributed by atoms with E-state index < -0.39 is 0 Å². The van der Waals surface area contributed by atoms with Crippen molar-refractivity contribution in [2.45, 2.75) is 58.2 Å². The van der Waals surface area contributed by atoms with Crippen molar-refractivity contribution in [1.82, 2.24) is 20.0 Å². The highest BCUT2D eigenvalue weighted by atomic mass is 15.3. The number of nitrogens with zero attached hydrogens (tertiary/aromatic N) is 3. The van der Waals surface area contributed by atoms with Crippen LogP contribution in [-0.4, -0.2) is 40.9 Å². The van der Waals surface area contributed by atoms with Gasteiger partial charge >= 0.3 is 0 Å². The summed E-state index contributed by atoms with van der Waals surface area (Å²) >= 11 is 0. The third kappa shape index (κ3) is 4.05. The summed E-state index contributed by atoms with van der Waals surface area (Å²) in [6.45, 7) is 7.78. The number of hydrogen-bond donors (Lipinski definition) is 1. The standard InChI is InChI=1S/C15H28N4/c1-4-15(5-2)19-11-8-14(17-19)12-16-13-6-9-18(3)10-7-13/h8,11,13,15-16H,4-7,9-10,12H2,1-3H3. The molecule has 1 fully saturated rings. The van der Waals surface area contributed by atoms with Crippen LogP contribution in [0.2, 0.25) is 0 Å². The van der Waals surface area contributed by atoms with Gasteiger partial charge in [0.05, 0.1) is 11.7 Å². The third-order valence-electron chi connectivity index (χ3n) is 4.27. The fourth-order valence-electron chi connectivity index (χ4n) is 2.80. The second kappa shape index (κ2) is 7.06. The largest absolute Gasteiger partial charge is 0.308 e. The van der Waals surface area contributed by atoms with Crippen LogP contribution in [0.1, 0.15) is 51.3 Å². The van der Waals surface area contributed by atoms with E-state index in [1.165, 1.54) is 31.6 Å². The van der Waals surface area contributed by atoms with E-state index in [2.05, 4.69) is 48.1 Å². The molecule has 0 amide bonds. The van der Waals surface area contributed by atoms with Crippen molar-refractivity contribution in [3.63, 3.8) is 0 Å². The molecule has 108 valence electrons. The lowest BCUT2D eigenvalue weighted by Gasteiger charge is -2.29. The molecule has 0 aromatic carbocycles. The van der Waals surface area contributed by atoms with Gasteiger partial charge in [-0.25, -0.2) is 0 Å². The normalized spacial score (nSPS) is 18.3. The zero-order chi connectivity index (χ0) is 13.7. The van der Waals surface area contributed by atoms with Gasteiger partial charge in [-0.2, -0.15) is 5.10 Å². The van der Waals surface area contributed by atoms with Crippen LogP contribution in [0.15, 0.2) is 12.3 Å². The van der Waals surface area contributed by atoms with Gasteiger partial charge in [0.15, 0.2) is 0 Å². The average molecular weight is 264 g/mol. The fourth-order valence-corrected chi connectivity index (χ4v) is 2.80. The van der Waals surface area contributed by atoms with E-state index in [0.29, 0.717) is 12.1 Å². The average Bonchev–Trinajstić information content (AvgIpc) is 2.88. The van der Waals surface area contributed by atoms with E-state index in [9.17, 15) is 0 Å². The molecule has 0 spiro atoms. The van der Waals surface area contributed by atoms with Gasteiger partial charge in [0, 0.05) is 18.8 Å². The van der Waals surface area contributed by atoms with Gasteiger partial charge in [0.1, 0.15) is 0 Å². The second-order valence-electron chi connectivity index (χ2n) is 5.72. The molecule has 1 aromatic heterocycles. The summed E-state index contributed by atoms with van der Waals surface area (Å²) in [5.74, 6) is 0. The van der Waals surface area contributed by atoms with Gasteiger partial charge in [-0.1, -0.05) is 13.8 Å². The summed E-state index contributed by atoms with van der Waals surface area (Å²) in [6.07, 6.45) is 6.94. The van der Waals surface area contributed by atoms with Crippen molar-refractivity contribution >= 4 is 0 Å². The van der Waals surface area contributed by atoms with Crippen molar-refractivity contribution in [2.75, 3.05) is 20.1 Å². The molecule has 0 unspecified atom stereocenters. The Morgan fingerprint density at radius 3 is 2.63 bits per heavy atom. The molecule has 0 atom stereocenters. The molecule has 2 heterocycles. The molecule has 0 radical (unpaired) electrons. The molecule has 1 saturated heterocycles. The molecule has 1 N–H and O–H groups in total. The molecule has 2 rings (SSSR count). The molecule has 1 aliphatic heterocycles. The van der Waals surface area contributed by atoms with Crippen LogP contribution in [0.25, 0.3) is 0 Å². The molecule has 19 heavy (non-hydrogen) atoms. The Labute approximate surface area is 117 Å². The van der Waals surface area contributed by atoms with Crippen LogP contribution in [-0.2, 0) is 6.54 Å². The van der Waals surface area contributed by atoms with Crippen LogP contribution in [0.4, 0.5) is 0 Å². The lowest BCUT2D eigenvalue weighted by atomic mass is 10.1. The van der Waals surface area contributed by atoms with Crippen molar-refractivity contribution in [3.8, 4) is 0 Å². The first kappa shape index (κ1) is 14.5. The Balaban J connectivity index is 1.80. The number of piperidine rings is 1. The first-order chi connectivity index (χ1) is 9.22. The first-order valence-electron chi connectivity index (χ1n) is 7.68. The monoisotopic (exact) mass is 264 g/mol. The quantitative estimate of drug-likeness (QED) is 0.856. The molecule has 4 heteroatoms. The van der Waals surface area contributed by atoms with E-state index in [0.717, 1.165) is 19.4 Å². The summed E-state index contributed by atoms with van der Waals surface area (Å²) in [7, 11) is 2.20. The maximum absolute atomic E-state index is 4.70. The maximum Gasteiger partial charge on any atom is 0.0762 e. The van der Waals surface area contributed by atoms with Gasteiger partial charge in [-0.05, 0) is 51.9 Å². The predicted molar refractivity (Wildman–Crippen MR) is 79.2 cm³/mol. The zero-order valence-electron chi connectivity index (χ0n) is 12.6. The summed E-state index contributed by atoms with van der Waals surface area (Å²) in [5, 5.41) is 8.34. The third-order valence-corrected chi connectivity index (χ3v) is 4.27. The van der Waals surface area contributed by atoms with E-state index in [4.69, 9.17) is 5.10 Å². The van der Waals surface area contributed by atoms with Crippen molar-refractivity contribution in [3.05, 3.63) is 18.0 Å². The lowest BCUT2D eigenvalue weighted by Crippen LogP contribution is -2.40. The fraction of sp³-hybridized carbons (Fsp3) is 0.800. The smallest absolute Gasteiger partial charge is 0.0762 e. The highest BCUT2D eigenvalue weighted by molar-refractivity contribution is 5.00. The molecule has 1 aromatic rings. The number of aromatic nitrogens is 2. The minimum atomic E-state index is 0.553. The van der Waals surface area contributed by atoms with Crippen molar-refractivity contribution in [1.29, 1.82) is 0 Å². The Hall–Kier alpha value is -0.870. The topological polar surface area (TPSA) is 33.1 Å². The minimum Gasteiger partial charge on any atom is -0.308 e. The highest BCUT2D eigenvalue weighted by Crippen LogP contribution is 2.15. The van der Waals surface area contributed by atoms with E-state index in [-0.39, 0.29) is 0 Å².